The molecule has 1 heterocycles. The second-order valence-electron chi connectivity index (χ2n) is 5.64. The smallest absolute Gasteiger partial charge is 0.348 e. The number of nitrogens with zero attached hydrogens (tertiary/aromatic N) is 3. The highest BCUT2D eigenvalue weighted by molar-refractivity contribution is 5.95. The van der Waals surface area contributed by atoms with Crippen LogP contribution >= 0.6 is 0 Å². The van der Waals surface area contributed by atoms with Crippen LogP contribution in [0.3, 0.4) is 0 Å². The summed E-state index contributed by atoms with van der Waals surface area (Å²) < 4.78 is 5.56. The van der Waals surface area contributed by atoms with E-state index in [-0.39, 0.29) is 11.3 Å². The minimum atomic E-state index is -1.09. The van der Waals surface area contributed by atoms with Crippen LogP contribution in [-0.4, -0.2) is 27.1 Å². The summed E-state index contributed by atoms with van der Waals surface area (Å²) in [6.45, 7) is 0. The average Bonchev–Trinajstić information content (AvgIpc) is 3.16. The molecule has 0 aliphatic carbocycles. The van der Waals surface area contributed by atoms with Gasteiger partial charge >= 0.3 is 17.3 Å². The first-order chi connectivity index (χ1) is 13.9. The summed E-state index contributed by atoms with van der Waals surface area (Å²) in [6, 6.07) is 12.8. The number of hydrogen-bond acceptors (Lipinski definition) is 8. The summed E-state index contributed by atoms with van der Waals surface area (Å²) in [4.78, 5) is 31.4. The molecule has 0 bridgehead atoms. The van der Waals surface area contributed by atoms with Crippen LogP contribution in [0.2, 0.25) is 0 Å². The monoisotopic (exact) mass is 396 g/mol. The fraction of sp³-hybridized carbons (Fsp3) is 0. The van der Waals surface area contributed by atoms with Crippen LogP contribution < -0.4 is 5.43 Å². The van der Waals surface area contributed by atoms with Crippen LogP contribution in [0, 0.1) is 20.2 Å². The molecule has 11 nitrogen and oxygen atoms in total. The molecule has 11 heteroatoms. The Hall–Kier alpha value is -4.54. The highest BCUT2D eigenvalue weighted by Gasteiger charge is 2.24. The fourth-order valence-corrected chi connectivity index (χ4v) is 2.52. The molecule has 29 heavy (non-hydrogen) atoms. The summed E-state index contributed by atoms with van der Waals surface area (Å²) in [5.74, 6) is -0.465. The maximum absolute atomic E-state index is 11.3. The third-order valence-electron chi connectivity index (χ3n) is 3.80. The van der Waals surface area contributed by atoms with Crippen molar-refractivity contribution in [1.29, 1.82) is 0 Å². The Labute approximate surface area is 162 Å². The number of carboxylic acid groups (broad SMARTS) is 1. The molecule has 0 aliphatic rings. The lowest BCUT2D eigenvalue weighted by Gasteiger charge is -2.02. The zero-order valence-electron chi connectivity index (χ0n) is 14.5. The number of carbonyl (C=O) groups is 1. The number of furan rings is 1. The van der Waals surface area contributed by atoms with Crippen LogP contribution in [0.5, 0.6) is 0 Å². The van der Waals surface area contributed by atoms with Crippen LogP contribution in [0.1, 0.15) is 16.1 Å². The van der Waals surface area contributed by atoms with Crippen molar-refractivity contribution < 1.29 is 24.2 Å². The van der Waals surface area contributed by atoms with Gasteiger partial charge in [-0.05, 0) is 24.3 Å². The van der Waals surface area contributed by atoms with E-state index in [0.29, 0.717) is 17.1 Å². The molecule has 0 spiro atoms. The van der Waals surface area contributed by atoms with E-state index in [2.05, 4.69) is 10.5 Å². The van der Waals surface area contributed by atoms with Gasteiger partial charge < -0.3 is 9.52 Å². The number of hydrogen-bond donors (Lipinski definition) is 2. The van der Waals surface area contributed by atoms with E-state index in [1.807, 2.05) is 0 Å². The Kier molecular flexibility index (Phi) is 5.30. The quantitative estimate of drug-likeness (QED) is 0.345. The van der Waals surface area contributed by atoms with Crippen LogP contribution in [0.4, 0.5) is 17.1 Å². The zero-order chi connectivity index (χ0) is 21.0. The summed E-state index contributed by atoms with van der Waals surface area (Å²) in [5.41, 5.74) is 1.88. The maximum Gasteiger partial charge on any atom is 0.348 e. The lowest BCUT2D eigenvalue weighted by atomic mass is 10.1. The first kappa shape index (κ1) is 19.2. The number of nitrogens with one attached hydrogen (secondary N) is 1. The van der Waals surface area contributed by atoms with Gasteiger partial charge in [-0.2, -0.15) is 5.10 Å². The molecule has 0 aliphatic heterocycles. The number of rotatable bonds is 7. The number of benzene rings is 2. The van der Waals surface area contributed by atoms with E-state index in [0.717, 1.165) is 12.1 Å². The van der Waals surface area contributed by atoms with Gasteiger partial charge in [-0.15, -0.1) is 0 Å². The van der Waals surface area contributed by atoms with Crippen LogP contribution in [-0.2, 0) is 0 Å². The van der Waals surface area contributed by atoms with E-state index >= 15 is 0 Å². The zero-order valence-corrected chi connectivity index (χ0v) is 14.5. The molecule has 0 saturated carbocycles. The number of nitro groups is 2. The molecule has 0 radical (unpaired) electrons. The van der Waals surface area contributed by atoms with E-state index in [9.17, 15) is 30.1 Å². The van der Waals surface area contributed by atoms with Crippen molar-refractivity contribution in [3.05, 3.63) is 86.1 Å². The minimum Gasteiger partial charge on any atom is -0.478 e. The van der Waals surface area contributed by atoms with Gasteiger partial charge in [0.15, 0.2) is 0 Å². The van der Waals surface area contributed by atoms with Gasteiger partial charge in [0.25, 0.3) is 0 Å². The molecular weight excluding hydrogens is 384 g/mol. The molecule has 3 aromatic rings. The summed E-state index contributed by atoms with van der Waals surface area (Å²) >= 11 is 0. The van der Waals surface area contributed by atoms with Crippen molar-refractivity contribution in [2.24, 2.45) is 5.10 Å². The third-order valence-corrected chi connectivity index (χ3v) is 3.80. The van der Waals surface area contributed by atoms with Crippen molar-refractivity contribution in [2.75, 3.05) is 5.43 Å². The molecule has 1 aromatic heterocycles. The normalized spacial score (nSPS) is 10.8. The largest absolute Gasteiger partial charge is 0.478 e. The van der Waals surface area contributed by atoms with Gasteiger partial charge in [0, 0.05) is 17.7 Å². The number of carboxylic acids is 1. The van der Waals surface area contributed by atoms with Crippen LogP contribution in [0.25, 0.3) is 11.3 Å². The van der Waals surface area contributed by atoms with Crippen molar-refractivity contribution in [3.8, 4) is 11.3 Å². The van der Waals surface area contributed by atoms with E-state index in [1.165, 1.54) is 18.3 Å². The molecule has 0 amide bonds. The molecular formula is C18H12N4O7. The molecule has 0 atom stereocenters. The van der Waals surface area contributed by atoms with Gasteiger partial charge in [0.2, 0.25) is 0 Å². The van der Waals surface area contributed by atoms with Crippen LogP contribution in [0.15, 0.2) is 64.1 Å². The molecule has 3 rings (SSSR count). The summed E-state index contributed by atoms with van der Waals surface area (Å²) in [7, 11) is 0. The molecule has 0 unspecified atom stereocenters. The van der Waals surface area contributed by atoms with Gasteiger partial charge in [-0.1, -0.05) is 18.2 Å². The number of nitro benzene ring substituents is 2. The lowest BCUT2D eigenvalue weighted by molar-refractivity contribution is -0.422. The van der Waals surface area contributed by atoms with E-state index in [1.54, 1.807) is 30.3 Å². The molecule has 2 aromatic carbocycles. The predicted octanol–water partition coefficient (Wildman–Crippen LogP) is 3.91. The van der Waals surface area contributed by atoms with Gasteiger partial charge in [0.05, 0.1) is 27.3 Å². The van der Waals surface area contributed by atoms with E-state index in [4.69, 9.17) is 4.42 Å². The van der Waals surface area contributed by atoms with Crippen molar-refractivity contribution in [2.45, 2.75) is 0 Å². The number of aromatic carboxylic acids is 1. The highest BCUT2D eigenvalue weighted by atomic mass is 16.6. The number of anilines is 1. The molecule has 0 fully saturated rings. The summed E-state index contributed by atoms with van der Waals surface area (Å²) in [5, 5.41) is 34.9. The van der Waals surface area contributed by atoms with Crippen molar-refractivity contribution in [1.82, 2.24) is 0 Å². The summed E-state index contributed by atoms with van der Waals surface area (Å²) in [6.07, 6.45) is 1.28. The minimum absolute atomic E-state index is 0.0849. The lowest BCUT2D eigenvalue weighted by Crippen LogP contribution is -1.98. The SMILES string of the molecule is O=C(O)c1ccccc1-c1ccc(C=NNc2ccc([N+](=O)[O-])c([N+](=O)[O-])c2)o1. The highest BCUT2D eigenvalue weighted by Crippen LogP contribution is 2.29. The first-order valence-corrected chi connectivity index (χ1v) is 8.01. The first-order valence-electron chi connectivity index (χ1n) is 8.01. The second kappa shape index (κ2) is 8.00. The standard InChI is InChI=1S/C18H12N4O7/c23-18(24)14-4-2-1-3-13(14)17-8-6-12(29-17)10-19-20-11-5-7-15(21(25)26)16(9-11)22(27)28/h1-10,20H,(H,23,24). The van der Waals surface area contributed by atoms with Gasteiger partial charge in [-0.25, -0.2) is 4.79 Å². The second-order valence-corrected chi connectivity index (χ2v) is 5.64. The Bertz CT molecular complexity index is 1140. The Balaban J connectivity index is 1.78. The Morgan fingerprint density at radius 2 is 1.76 bits per heavy atom. The average molecular weight is 396 g/mol. The topological polar surface area (TPSA) is 161 Å². The Morgan fingerprint density at radius 3 is 2.45 bits per heavy atom. The third kappa shape index (κ3) is 4.24. The van der Waals surface area contributed by atoms with Crippen molar-refractivity contribution in [3.63, 3.8) is 0 Å². The fourth-order valence-electron chi connectivity index (χ4n) is 2.52. The molecule has 146 valence electrons. The molecule has 2 N–H and O–H groups in total. The maximum atomic E-state index is 11.3. The predicted molar refractivity (Wildman–Crippen MR) is 102 cm³/mol. The van der Waals surface area contributed by atoms with E-state index < -0.39 is 27.2 Å². The number of hydrazone groups is 1. The van der Waals surface area contributed by atoms with Crippen molar-refractivity contribution >= 4 is 29.2 Å². The van der Waals surface area contributed by atoms with Gasteiger partial charge in [0.1, 0.15) is 11.5 Å². The Morgan fingerprint density at radius 1 is 1.03 bits per heavy atom. The van der Waals surface area contributed by atoms with Gasteiger partial charge in [-0.3, -0.25) is 25.7 Å². The molecule has 0 saturated heterocycles.